The molecule has 0 fully saturated rings. The first kappa shape index (κ1) is 17.1. The van der Waals surface area contributed by atoms with Crippen molar-refractivity contribution in [3.63, 3.8) is 0 Å². The van der Waals surface area contributed by atoms with Gasteiger partial charge in [-0.1, -0.05) is 12.1 Å². The summed E-state index contributed by atoms with van der Waals surface area (Å²) in [5.74, 6) is -2.33. The number of imide groups is 1. The molecule has 7 heteroatoms. The molecule has 2 rings (SSSR count). The first-order chi connectivity index (χ1) is 11.0. The van der Waals surface area contributed by atoms with Crippen LogP contribution in [0.3, 0.4) is 0 Å². The Morgan fingerprint density at radius 3 is 2.04 bits per heavy atom. The van der Waals surface area contributed by atoms with Crippen molar-refractivity contribution >= 4 is 17.8 Å². The maximum Gasteiger partial charge on any atom is 0.326 e. The fraction of sp³-hybridized carbons (Fsp3) is 0.438. The zero-order valence-corrected chi connectivity index (χ0v) is 13.0. The van der Waals surface area contributed by atoms with Gasteiger partial charge < -0.3 is 14.6 Å². The number of carboxylic acids is 1. The fourth-order valence-corrected chi connectivity index (χ4v) is 2.66. The third kappa shape index (κ3) is 3.40. The highest BCUT2D eigenvalue weighted by atomic mass is 16.7. The number of amides is 2. The van der Waals surface area contributed by atoms with E-state index in [0.717, 1.165) is 4.90 Å². The van der Waals surface area contributed by atoms with Crippen LogP contribution in [-0.2, 0) is 14.3 Å². The molecule has 1 unspecified atom stereocenters. The van der Waals surface area contributed by atoms with Crippen LogP contribution in [0.25, 0.3) is 0 Å². The van der Waals surface area contributed by atoms with Gasteiger partial charge >= 0.3 is 5.97 Å². The minimum atomic E-state index is -1.20. The minimum absolute atomic E-state index is 0.143. The Kier molecular flexibility index (Phi) is 5.46. The standard InChI is InChI=1S/C16H19NO6/c1-22-13(23-2)9-5-8-12(16(20)21)17-14(18)10-6-3-4-7-11(10)15(17)19/h3-4,6-7,12-13H,5,8-9H2,1-2H3,(H,20,21). The number of aliphatic carboxylic acids is 1. The molecule has 1 N–H and O–H groups in total. The van der Waals surface area contributed by atoms with E-state index in [4.69, 9.17) is 9.47 Å². The van der Waals surface area contributed by atoms with Crippen LogP contribution in [0.15, 0.2) is 24.3 Å². The molecule has 124 valence electrons. The molecule has 0 aliphatic carbocycles. The Morgan fingerprint density at radius 1 is 1.09 bits per heavy atom. The van der Waals surface area contributed by atoms with E-state index in [0.29, 0.717) is 12.8 Å². The van der Waals surface area contributed by atoms with Crippen molar-refractivity contribution in [1.82, 2.24) is 4.90 Å². The Labute approximate surface area is 133 Å². The van der Waals surface area contributed by atoms with Crippen molar-refractivity contribution in [3.05, 3.63) is 35.4 Å². The Balaban J connectivity index is 2.12. The van der Waals surface area contributed by atoms with E-state index in [-0.39, 0.29) is 17.5 Å². The van der Waals surface area contributed by atoms with Gasteiger partial charge in [0.05, 0.1) is 11.1 Å². The van der Waals surface area contributed by atoms with Crippen molar-refractivity contribution in [2.24, 2.45) is 0 Å². The van der Waals surface area contributed by atoms with Gasteiger partial charge in [0.15, 0.2) is 6.29 Å². The highest BCUT2D eigenvalue weighted by Gasteiger charge is 2.42. The van der Waals surface area contributed by atoms with Crippen LogP contribution in [0, 0.1) is 0 Å². The summed E-state index contributed by atoms with van der Waals surface area (Å²) in [6, 6.07) is 5.15. The van der Waals surface area contributed by atoms with E-state index in [9.17, 15) is 19.5 Å². The van der Waals surface area contributed by atoms with Gasteiger partial charge in [-0.15, -0.1) is 0 Å². The van der Waals surface area contributed by atoms with E-state index in [2.05, 4.69) is 0 Å². The predicted molar refractivity (Wildman–Crippen MR) is 80.0 cm³/mol. The van der Waals surface area contributed by atoms with E-state index >= 15 is 0 Å². The second-order valence-electron chi connectivity index (χ2n) is 5.21. The molecule has 2 amide bonds. The maximum absolute atomic E-state index is 12.4. The second kappa shape index (κ2) is 7.34. The summed E-state index contributed by atoms with van der Waals surface area (Å²) >= 11 is 0. The van der Waals surface area contributed by atoms with Gasteiger partial charge in [0.2, 0.25) is 0 Å². The van der Waals surface area contributed by atoms with Crippen molar-refractivity contribution in [2.45, 2.75) is 31.6 Å². The van der Waals surface area contributed by atoms with Crippen LogP contribution in [0.5, 0.6) is 0 Å². The van der Waals surface area contributed by atoms with Crippen LogP contribution >= 0.6 is 0 Å². The van der Waals surface area contributed by atoms with Crippen LogP contribution in [0.1, 0.15) is 40.0 Å². The molecule has 1 aromatic carbocycles. The molecular formula is C16H19NO6. The van der Waals surface area contributed by atoms with Crippen LogP contribution in [0.4, 0.5) is 0 Å². The van der Waals surface area contributed by atoms with Crippen molar-refractivity contribution in [2.75, 3.05) is 14.2 Å². The smallest absolute Gasteiger partial charge is 0.326 e. The highest BCUT2D eigenvalue weighted by Crippen LogP contribution is 2.26. The number of fused-ring (bicyclic) bond motifs is 1. The molecule has 0 saturated heterocycles. The molecule has 1 aliphatic heterocycles. The van der Waals surface area contributed by atoms with Gasteiger partial charge in [-0.25, -0.2) is 4.79 Å². The number of ether oxygens (including phenoxy) is 2. The fourth-order valence-electron chi connectivity index (χ4n) is 2.66. The van der Waals surface area contributed by atoms with Crippen LogP contribution < -0.4 is 0 Å². The van der Waals surface area contributed by atoms with Crippen LogP contribution in [-0.4, -0.2) is 54.3 Å². The Hall–Kier alpha value is -2.25. The summed E-state index contributed by atoms with van der Waals surface area (Å²) in [5.41, 5.74) is 0.491. The van der Waals surface area contributed by atoms with Gasteiger partial charge in [-0.05, 0) is 31.4 Å². The van der Waals surface area contributed by atoms with Crippen molar-refractivity contribution < 1.29 is 29.0 Å². The Bertz CT molecular complexity index is 575. The molecule has 1 aliphatic rings. The lowest BCUT2D eigenvalue weighted by molar-refractivity contribution is -0.142. The van der Waals surface area contributed by atoms with Crippen molar-refractivity contribution in [3.8, 4) is 0 Å². The zero-order chi connectivity index (χ0) is 17.0. The summed E-state index contributed by atoms with van der Waals surface area (Å²) in [4.78, 5) is 37.1. The first-order valence-corrected chi connectivity index (χ1v) is 7.26. The number of carboxylic acid groups (broad SMARTS) is 1. The van der Waals surface area contributed by atoms with Crippen LogP contribution in [0.2, 0.25) is 0 Å². The number of nitrogens with zero attached hydrogens (tertiary/aromatic N) is 1. The first-order valence-electron chi connectivity index (χ1n) is 7.26. The number of benzene rings is 1. The topological polar surface area (TPSA) is 93.1 Å². The maximum atomic E-state index is 12.4. The van der Waals surface area contributed by atoms with E-state index < -0.39 is 30.1 Å². The quantitative estimate of drug-likeness (QED) is 0.576. The number of carbonyl (C=O) groups is 3. The molecule has 0 spiro atoms. The summed E-state index contributed by atoms with van der Waals surface area (Å²) < 4.78 is 10.1. The van der Waals surface area contributed by atoms with E-state index in [1.165, 1.54) is 26.4 Å². The predicted octanol–water partition coefficient (Wildman–Crippen LogP) is 1.52. The van der Waals surface area contributed by atoms with E-state index in [1.54, 1.807) is 12.1 Å². The number of hydrogen-bond donors (Lipinski definition) is 1. The van der Waals surface area contributed by atoms with Crippen molar-refractivity contribution in [1.29, 1.82) is 0 Å². The molecule has 1 aromatic rings. The number of hydrogen-bond acceptors (Lipinski definition) is 5. The average Bonchev–Trinajstić information content (AvgIpc) is 2.80. The lowest BCUT2D eigenvalue weighted by Gasteiger charge is -2.23. The Morgan fingerprint density at radius 2 is 1.61 bits per heavy atom. The zero-order valence-electron chi connectivity index (χ0n) is 13.0. The highest BCUT2D eigenvalue weighted by molar-refractivity contribution is 6.22. The molecule has 7 nitrogen and oxygen atoms in total. The second-order valence-corrected chi connectivity index (χ2v) is 5.21. The SMILES string of the molecule is COC(CCCC(C(=O)O)N1C(=O)c2ccccc2C1=O)OC. The number of carbonyl (C=O) groups excluding carboxylic acids is 2. The van der Waals surface area contributed by atoms with Gasteiger partial charge in [-0.3, -0.25) is 14.5 Å². The number of rotatable bonds is 8. The number of methoxy groups -OCH3 is 2. The lowest BCUT2D eigenvalue weighted by atomic mass is 10.1. The summed E-state index contributed by atoms with van der Waals surface area (Å²) in [6.07, 6.45) is 0.618. The van der Waals surface area contributed by atoms with E-state index in [1.807, 2.05) is 0 Å². The lowest BCUT2D eigenvalue weighted by Crippen LogP contribution is -2.44. The molecule has 0 aromatic heterocycles. The minimum Gasteiger partial charge on any atom is -0.480 e. The molecule has 0 radical (unpaired) electrons. The van der Waals surface area contributed by atoms with Gasteiger partial charge in [0.25, 0.3) is 11.8 Å². The van der Waals surface area contributed by atoms with Gasteiger partial charge in [-0.2, -0.15) is 0 Å². The molecular weight excluding hydrogens is 302 g/mol. The third-order valence-electron chi connectivity index (χ3n) is 3.87. The molecule has 23 heavy (non-hydrogen) atoms. The average molecular weight is 321 g/mol. The summed E-state index contributed by atoms with van der Waals surface area (Å²) in [5, 5.41) is 9.42. The summed E-state index contributed by atoms with van der Waals surface area (Å²) in [6.45, 7) is 0. The summed E-state index contributed by atoms with van der Waals surface area (Å²) in [7, 11) is 2.99. The normalized spacial score (nSPS) is 15.2. The molecule has 0 saturated carbocycles. The molecule has 1 atom stereocenters. The monoisotopic (exact) mass is 321 g/mol. The molecule has 0 bridgehead atoms. The van der Waals surface area contributed by atoms with Gasteiger partial charge in [0, 0.05) is 14.2 Å². The van der Waals surface area contributed by atoms with Gasteiger partial charge in [0.1, 0.15) is 6.04 Å². The largest absolute Gasteiger partial charge is 0.480 e. The molecule has 1 heterocycles. The third-order valence-corrected chi connectivity index (χ3v) is 3.87.